The van der Waals surface area contributed by atoms with E-state index in [0.717, 1.165) is 17.1 Å². The standard InChI is InChI=1S/C19H21N5O2/c1-26-17-5-3-2-4-16(17)14-22-19(25)24-10-8-23(9-11-24)18-12-15(13-20)6-7-21-18/h2-7,12H,8-11,14H2,1H3,(H,22,25). The van der Waals surface area contributed by atoms with Crippen molar-refractivity contribution in [3.63, 3.8) is 0 Å². The van der Waals surface area contributed by atoms with Gasteiger partial charge in [-0.2, -0.15) is 5.26 Å². The molecule has 1 N–H and O–H groups in total. The summed E-state index contributed by atoms with van der Waals surface area (Å²) < 4.78 is 5.30. The molecule has 0 spiro atoms. The molecule has 1 aromatic carbocycles. The first-order valence-electron chi connectivity index (χ1n) is 8.47. The molecular weight excluding hydrogens is 330 g/mol. The maximum Gasteiger partial charge on any atom is 0.317 e. The van der Waals surface area contributed by atoms with E-state index in [9.17, 15) is 4.79 Å². The molecule has 134 valence electrons. The van der Waals surface area contributed by atoms with Crippen LogP contribution in [0.25, 0.3) is 0 Å². The van der Waals surface area contributed by atoms with Crippen LogP contribution in [-0.2, 0) is 6.54 Å². The average Bonchev–Trinajstić information content (AvgIpc) is 2.72. The molecule has 0 radical (unpaired) electrons. The monoisotopic (exact) mass is 351 g/mol. The van der Waals surface area contributed by atoms with E-state index >= 15 is 0 Å². The van der Waals surface area contributed by atoms with Gasteiger partial charge in [0.2, 0.25) is 0 Å². The maximum atomic E-state index is 12.4. The molecule has 2 aromatic rings. The van der Waals surface area contributed by atoms with Crippen LogP contribution in [0.5, 0.6) is 5.75 Å². The van der Waals surface area contributed by atoms with Crippen LogP contribution < -0.4 is 15.0 Å². The predicted molar refractivity (Wildman–Crippen MR) is 98.0 cm³/mol. The van der Waals surface area contributed by atoms with Gasteiger partial charge in [-0.05, 0) is 18.2 Å². The molecule has 3 rings (SSSR count). The molecule has 1 aromatic heterocycles. The fourth-order valence-corrected chi connectivity index (χ4v) is 2.93. The van der Waals surface area contributed by atoms with Crippen LogP contribution in [0.15, 0.2) is 42.6 Å². The van der Waals surface area contributed by atoms with Crippen molar-refractivity contribution in [2.75, 3.05) is 38.2 Å². The van der Waals surface area contributed by atoms with E-state index < -0.39 is 0 Å². The Balaban J connectivity index is 1.53. The van der Waals surface area contributed by atoms with Gasteiger partial charge in [-0.3, -0.25) is 0 Å². The van der Waals surface area contributed by atoms with Gasteiger partial charge in [0.05, 0.1) is 18.7 Å². The number of aromatic nitrogens is 1. The van der Waals surface area contributed by atoms with Gasteiger partial charge in [0.25, 0.3) is 0 Å². The highest BCUT2D eigenvalue weighted by atomic mass is 16.5. The summed E-state index contributed by atoms with van der Waals surface area (Å²) in [6.07, 6.45) is 1.64. The number of carbonyl (C=O) groups is 1. The normalized spacial score (nSPS) is 13.8. The van der Waals surface area contributed by atoms with Crippen molar-refractivity contribution in [3.8, 4) is 11.8 Å². The first kappa shape index (κ1) is 17.5. The van der Waals surface area contributed by atoms with Crippen LogP contribution >= 0.6 is 0 Å². The molecule has 0 bridgehead atoms. The maximum absolute atomic E-state index is 12.4. The van der Waals surface area contributed by atoms with E-state index in [1.54, 1.807) is 30.3 Å². The minimum atomic E-state index is -0.0886. The van der Waals surface area contributed by atoms with Gasteiger partial charge in [-0.15, -0.1) is 0 Å². The molecule has 0 atom stereocenters. The highest BCUT2D eigenvalue weighted by Gasteiger charge is 2.22. The Morgan fingerprint density at radius 2 is 2.04 bits per heavy atom. The number of nitrogens with zero attached hydrogens (tertiary/aromatic N) is 4. The van der Waals surface area contributed by atoms with Gasteiger partial charge in [0.1, 0.15) is 11.6 Å². The minimum Gasteiger partial charge on any atom is -0.496 e. The molecule has 1 fully saturated rings. The highest BCUT2D eigenvalue weighted by molar-refractivity contribution is 5.74. The van der Waals surface area contributed by atoms with E-state index in [1.165, 1.54) is 0 Å². The second-order valence-corrected chi connectivity index (χ2v) is 5.96. The summed E-state index contributed by atoms with van der Waals surface area (Å²) in [5.41, 5.74) is 1.53. The number of hydrogen-bond donors (Lipinski definition) is 1. The topological polar surface area (TPSA) is 81.5 Å². The molecule has 0 aliphatic carbocycles. The highest BCUT2D eigenvalue weighted by Crippen LogP contribution is 2.17. The van der Waals surface area contributed by atoms with Crippen LogP contribution in [-0.4, -0.2) is 49.2 Å². The largest absolute Gasteiger partial charge is 0.496 e. The predicted octanol–water partition coefficient (Wildman–Crippen LogP) is 1.99. The summed E-state index contributed by atoms with van der Waals surface area (Å²) in [6, 6.07) is 13.1. The lowest BCUT2D eigenvalue weighted by atomic mass is 10.2. The zero-order chi connectivity index (χ0) is 18.4. The van der Waals surface area contributed by atoms with Crippen LogP contribution in [0.4, 0.5) is 10.6 Å². The van der Waals surface area contributed by atoms with Gasteiger partial charge in [-0.1, -0.05) is 18.2 Å². The Kier molecular flexibility index (Phi) is 5.54. The summed E-state index contributed by atoms with van der Waals surface area (Å²) in [5.74, 6) is 1.54. The number of carbonyl (C=O) groups excluding carboxylic acids is 1. The van der Waals surface area contributed by atoms with Crippen LogP contribution in [0.2, 0.25) is 0 Å². The molecule has 0 saturated carbocycles. The van der Waals surface area contributed by atoms with Gasteiger partial charge in [-0.25, -0.2) is 9.78 Å². The molecule has 2 amide bonds. The Hall–Kier alpha value is -3.27. The van der Waals surface area contributed by atoms with Crippen molar-refractivity contribution < 1.29 is 9.53 Å². The molecule has 7 nitrogen and oxygen atoms in total. The Morgan fingerprint density at radius 3 is 2.77 bits per heavy atom. The fourth-order valence-electron chi connectivity index (χ4n) is 2.93. The number of ether oxygens (including phenoxy) is 1. The van der Waals surface area contributed by atoms with Gasteiger partial charge in [0, 0.05) is 44.5 Å². The molecule has 2 heterocycles. The number of benzene rings is 1. The number of rotatable bonds is 4. The minimum absolute atomic E-state index is 0.0886. The third-order valence-electron chi connectivity index (χ3n) is 4.39. The SMILES string of the molecule is COc1ccccc1CNC(=O)N1CCN(c2cc(C#N)ccn2)CC1. The smallest absolute Gasteiger partial charge is 0.317 e. The summed E-state index contributed by atoms with van der Waals surface area (Å²) in [6.45, 7) is 3.01. The first-order valence-corrected chi connectivity index (χ1v) is 8.47. The van der Waals surface area contributed by atoms with Gasteiger partial charge >= 0.3 is 6.03 Å². The lowest BCUT2D eigenvalue weighted by molar-refractivity contribution is 0.193. The van der Waals surface area contributed by atoms with Crippen LogP contribution in [0.3, 0.4) is 0 Å². The third-order valence-corrected chi connectivity index (χ3v) is 4.39. The van der Waals surface area contributed by atoms with Crippen molar-refractivity contribution in [1.29, 1.82) is 5.26 Å². The number of methoxy groups -OCH3 is 1. The molecular formula is C19H21N5O2. The molecule has 1 aliphatic rings. The summed E-state index contributed by atoms with van der Waals surface area (Å²) >= 11 is 0. The lowest BCUT2D eigenvalue weighted by Crippen LogP contribution is -2.51. The van der Waals surface area contributed by atoms with E-state index in [0.29, 0.717) is 38.3 Å². The van der Waals surface area contributed by atoms with E-state index in [-0.39, 0.29) is 6.03 Å². The van der Waals surface area contributed by atoms with Crippen molar-refractivity contribution in [3.05, 3.63) is 53.7 Å². The second-order valence-electron chi connectivity index (χ2n) is 5.96. The van der Waals surface area contributed by atoms with E-state index in [4.69, 9.17) is 10.00 Å². The number of amides is 2. The summed E-state index contributed by atoms with van der Waals surface area (Å²) in [5, 5.41) is 11.9. The quantitative estimate of drug-likeness (QED) is 0.911. The van der Waals surface area contributed by atoms with Crippen molar-refractivity contribution >= 4 is 11.8 Å². The molecule has 1 aliphatic heterocycles. The number of hydrogen-bond acceptors (Lipinski definition) is 5. The molecule has 1 saturated heterocycles. The number of pyridine rings is 1. The third kappa shape index (κ3) is 4.03. The van der Waals surface area contributed by atoms with Crippen molar-refractivity contribution in [2.45, 2.75) is 6.54 Å². The Morgan fingerprint density at radius 1 is 1.27 bits per heavy atom. The number of para-hydroxylation sites is 1. The number of piperazine rings is 1. The lowest BCUT2D eigenvalue weighted by Gasteiger charge is -2.35. The zero-order valence-corrected chi connectivity index (χ0v) is 14.7. The number of nitriles is 1. The number of anilines is 1. The van der Waals surface area contributed by atoms with Crippen LogP contribution in [0.1, 0.15) is 11.1 Å². The van der Waals surface area contributed by atoms with Gasteiger partial charge in [0.15, 0.2) is 0 Å². The van der Waals surface area contributed by atoms with E-state index in [1.807, 2.05) is 24.3 Å². The van der Waals surface area contributed by atoms with E-state index in [2.05, 4.69) is 21.3 Å². The van der Waals surface area contributed by atoms with Crippen molar-refractivity contribution in [1.82, 2.24) is 15.2 Å². The molecule has 26 heavy (non-hydrogen) atoms. The van der Waals surface area contributed by atoms with Crippen molar-refractivity contribution in [2.24, 2.45) is 0 Å². The zero-order valence-electron chi connectivity index (χ0n) is 14.7. The summed E-state index contributed by atoms with van der Waals surface area (Å²) in [7, 11) is 1.62. The fraction of sp³-hybridized carbons (Fsp3) is 0.316. The summed E-state index contributed by atoms with van der Waals surface area (Å²) in [4.78, 5) is 20.6. The number of urea groups is 1. The molecule has 7 heteroatoms. The van der Waals surface area contributed by atoms with Gasteiger partial charge < -0.3 is 19.9 Å². The van der Waals surface area contributed by atoms with Crippen LogP contribution in [0, 0.1) is 11.3 Å². The Labute approximate surface area is 152 Å². The first-order chi connectivity index (χ1) is 12.7. The average molecular weight is 351 g/mol. The Bertz CT molecular complexity index is 810. The molecule has 0 unspecified atom stereocenters. The second kappa shape index (κ2) is 8.21. The number of nitrogens with one attached hydrogen (secondary N) is 1.